The first kappa shape index (κ1) is 24.5. The van der Waals surface area contributed by atoms with Gasteiger partial charge in [0, 0.05) is 58.0 Å². The molecule has 0 saturated heterocycles. The molecule has 6 heteroatoms. The quantitative estimate of drug-likeness (QED) is 0.208. The molecule has 208 valence electrons. The fraction of sp³-hybridized carbons (Fsp3) is 0. The molecule has 0 aliphatic heterocycles. The average Bonchev–Trinajstić information content (AvgIpc) is 3.81. The Bertz CT molecular complexity index is 2460. The summed E-state index contributed by atoms with van der Waals surface area (Å²) in [6.07, 6.45) is 5.54. The first-order chi connectivity index (χ1) is 21.8. The standard InChI is InChI=1S/C38H25N5O/c1-2-10-26(11-3-1)42-33-15-5-4-14-32(33)37-34(42)20-19-31-30-18-17-29(25-35(30)43(38(31)37)36-16-6-7-21-39-36)44-28-13-8-12-27(24-28)41-23-9-22-40-41/h1-25H. The molecular weight excluding hydrogens is 542 g/mol. The molecule has 0 atom stereocenters. The maximum Gasteiger partial charge on any atom is 0.137 e. The van der Waals surface area contributed by atoms with Crippen molar-refractivity contribution in [3.63, 3.8) is 0 Å². The highest BCUT2D eigenvalue weighted by molar-refractivity contribution is 6.26. The highest BCUT2D eigenvalue weighted by Gasteiger charge is 2.21. The van der Waals surface area contributed by atoms with Crippen LogP contribution in [-0.2, 0) is 0 Å². The zero-order valence-electron chi connectivity index (χ0n) is 23.6. The lowest BCUT2D eigenvalue weighted by Crippen LogP contribution is -1.97. The van der Waals surface area contributed by atoms with E-state index >= 15 is 0 Å². The molecule has 5 aromatic carbocycles. The van der Waals surface area contributed by atoms with Crippen LogP contribution in [-0.4, -0.2) is 23.9 Å². The number of nitrogens with zero attached hydrogens (tertiary/aromatic N) is 5. The van der Waals surface area contributed by atoms with Crippen molar-refractivity contribution < 1.29 is 4.74 Å². The second kappa shape index (κ2) is 9.71. The summed E-state index contributed by atoms with van der Waals surface area (Å²) in [6.45, 7) is 0. The van der Waals surface area contributed by atoms with E-state index in [1.54, 1.807) is 6.20 Å². The number of hydrogen-bond donors (Lipinski definition) is 0. The predicted octanol–water partition coefficient (Wildman–Crippen LogP) is 9.25. The largest absolute Gasteiger partial charge is 0.457 e. The molecule has 4 heterocycles. The van der Waals surface area contributed by atoms with Crippen LogP contribution in [0.3, 0.4) is 0 Å². The van der Waals surface area contributed by atoms with E-state index in [-0.39, 0.29) is 0 Å². The van der Waals surface area contributed by atoms with Crippen molar-refractivity contribution in [1.29, 1.82) is 0 Å². The summed E-state index contributed by atoms with van der Waals surface area (Å²) in [5.41, 5.74) is 6.54. The van der Waals surface area contributed by atoms with Gasteiger partial charge in [0.05, 0.1) is 27.8 Å². The van der Waals surface area contributed by atoms with Crippen LogP contribution in [0, 0.1) is 0 Å². The van der Waals surface area contributed by atoms with E-state index in [0.717, 1.165) is 50.6 Å². The van der Waals surface area contributed by atoms with Crippen LogP contribution in [0.15, 0.2) is 152 Å². The highest BCUT2D eigenvalue weighted by atomic mass is 16.5. The normalized spacial score (nSPS) is 11.6. The van der Waals surface area contributed by atoms with Gasteiger partial charge in [0.15, 0.2) is 0 Å². The summed E-state index contributed by atoms with van der Waals surface area (Å²) in [4.78, 5) is 4.83. The Morgan fingerprint density at radius 3 is 2.18 bits per heavy atom. The van der Waals surface area contributed by atoms with E-state index in [0.29, 0.717) is 0 Å². The van der Waals surface area contributed by atoms with Crippen molar-refractivity contribution in [2.45, 2.75) is 0 Å². The van der Waals surface area contributed by atoms with Gasteiger partial charge in [0.1, 0.15) is 17.3 Å². The molecule has 6 nitrogen and oxygen atoms in total. The summed E-state index contributed by atoms with van der Waals surface area (Å²) >= 11 is 0. The number of hydrogen-bond acceptors (Lipinski definition) is 3. The van der Waals surface area contributed by atoms with Crippen molar-refractivity contribution in [2.24, 2.45) is 0 Å². The fourth-order valence-corrected chi connectivity index (χ4v) is 6.43. The van der Waals surface area contributed by atoms with Gasteiger partial charge in [-0.15, -0.1) is 0 Å². The zero-order chi connectivity index (χ0) is 29.0. The van der Waals surface area contributed by atoms with E-state index in [9.17, 15) is 0 Å². The molecule has 9 aromatic rings. The van der Waals surface area contributed by atoms with Gasteiger partial charge in [-0.05, 0) is 66.7 Å². The lowest BCUT2D eigenvalue weighted by molar-refractivity contribution is 0.483. The van der Waals surface area contributed by atoms with E-state index in [1.165, 1.54) is 21.7 Å². The molecule has 9 rings (SSSR count). The second-order valence-corrected chi connectivity index (χ2v) is 10.8. The molecule has 44 heavy (non-hydrogen) atoms. The third kappa shape index (κ3) is 3.75. The number of rotatable bonds is 5. The van der Waals surface area contributed by atoms with Crippen molar-refractivity contribution in [3.05, 3.63) is 152 Å². The van der Waals surface area contributed by atoms with E-state index < -0.39 is 0 Å². The molecule has 0 unspecified atom stereocenters. The minimum Gasteiger partial charge on any atom is -0.457 e. The topological polar surface area (TPSA) is 49.8 Å². The Morgan fingerprint density at radius 2 is 1.32 bits per heavy atom. The highest BCUT2D eigenvalue weighted by Crippen LogP contribution is 2.42. The summed E-state index contributed by atoms with van der Waals surface area (Å²) in [5, 5.41) is 9.06. The van der Waals surface area contributed by atoms with Crippen molar-refractivity contribution in [1.82, 2.24) is 23.9 Å². The molecule has 0 fully saturated rings. The Morgan fingerprint density at radius 1 is 0.500 bits per heavy atom. The molecular formula is C38H25N5O. The van der Waals surface area contributed by atoms with E-state index in [1.807, 2.05) is 65.6 Å². The van der Waals surface area contributed by atoms with Crippen LogP contribution < -0.4 is 4.74 Å². The van der Waals surface area contributed by atoms with Crippen LogP contribution in [0.1, 0.15) is 0 Å². The first-order valence-electron chi connectivity index (χ1n) is 14.6. The number of fused-ring (bicyclic) bond motifs is 7. The Hall–Kier alpha value is -6.14. The number of benzene rings is 5. The van der Waals surface area contributed by atoms with E-state index in [4.69, 9.17) is 9.72 Å². The van der Waals surface area contributed by atoms with Crippen molar-refractivity contribution >= 4 is 43.6 Å². The molecule has 0 N–H and O–H groups in total. The lowest BCUT2D eigenvalue weighted by atomic mass is 10.1. The van der Waals surface area contributed by atoms with Crippen molar-refractivity contribution in [3.8, 4) is 28.7 Å². The van der Waals surface area contributed by atoms with Gasteiger partial charge < -0.3 is 9.30 Å². The SMILES string of the molecule is c1ccc(-n2c3ccccc3c3c2ccc2c4ccc(Oc5cccc(-n6cccn6)c5)cc4n(-c4ccccn4)c23)cc1. The average molecular weight is 568 g/mol. The van der Waals surface area contributed by atoms with Crippen molar-refractivity contribution in [2.75, 3.05) is 0 Å². The number of aromatic nitrogens is 5. The van der Waals surface area contributed by atoms with Gasteiger partial charge >= 0.3 is 0 Å². The molecule has 0 radical (unpaired) electrons. The van der Waals surface area contributed by atoms with Gasteiger partial charge in [-0.3, -0.25) is 4.57 Å². The maximum atomic E-state index is 6.45. The molecule has 0 aliphatic carbocycles. The van der Waals surface area contributed by atoms with Crippen LogP contribution in [0.5, 0.6) is 11.5 Å². The predicted molar refractivity (Wildman–Crippen MR) is 177 cm³/mol. The van der Waals surface area contributed by atoms with Gasteiger partial charge in [-0.25, -0.2) is 9.67 Å². The summed E-state index contributed by atoms with van der Waals surface area (Å²) in [5.74, 6) is 2.35. The zero-order valence-corrected chi connectivity index (χ0v) is 23.6. The second-order valence-electron chi connectivity index (χ2n) is 10.8. The van der Waals surface area contributed by atoms with Gasteiger partial charge in [0.2, 0.25) is 0 Å². The van der Waals surface area contributed by atoms with Crippen LogP contribution >= 0.6 is 0 Å². The molecule has 0 bridgehead atoms. The number of pyridine rings is 1. The minimum atomic E-state index is 0.742. The summed E-state index contributed by atoms with van der Waals surface area (Å²) in [6, 6.07) is 45.9. The summed E-state index contributed by atoms with van der Waals surface area (Å²) in [7, 11) is 0. The smallest absolute Gasteiger partial charge is 0.137 e. The Kier molecular flexibility index (Phi) is 5.40. The third-order valence-electron chi connectivity index (χ3n) is 8.25. The van der Waals surface area contributed by atoms with Crippen LogP contribution in [0.2, 0.25) is 0 Å². The molecule has 0 spiro atoms. The fourth-order valence-electron chi connectivity index (χ4n) is 6.43. The Balaban J connectivity index is 1.32. The molecule has 4 aromatic heterocycles. The van der Waals surface area contributed by atoms with Gasteiger partial charge in [-0.2, -0.15) is 5.10 Å². The molecule has 0 saturated carbocycles. The summed E-state index contributed by atoms with van der Waals surface area (Å²) < 4.78 is 12.9. The first-order valence-corrected chi connectivity index (χ1v) is 14.6. The van der Waals surface area contributed by atoms with Gasteiger partial charge in [-0.1, -0.05) is 54.6 Å². The molecule has 0 aliphatic rings. The van der Waals surface area contributed by atoms with Gasteiger partial charge in [0.25, 0.3) is 0 Å². The lowest BCUT2D eigenvalue weighted by Gasteiger charge is -2.10. The van der Waals surface area contributed by atoms with Crippen LogP contribution in [0.25, 0.3) is 60.8 Å². The van der Waals surface area contributed by atoms with E-state index in [2.05, 4.69) is 99.2 Å². The number of ether oxygens (including phenoxy) is 1. The molecule has 0 amide bonds. The maximum absolute atomic E-state index is 6.45. The minimum absolute atomic E-state index is 0.742. The number of para-hydroxylation sites is 2. The third-order valence-corrected chi connectivity index (χ3v) is 8.25. The van der Waals surface area contributed by atoms with Crippen LogP contribution in [0.4, 0.5) is 0 Å². The Labute approximate surface area is 252 Å². The monoisotopic (exact) mass is 567 g/mol.